The van der Waals surface area contributed by atoms with Gasteiger partial charge in [0.05, 0.1) is 11.9 Å². The predicted molar refractivity (Wildman–Crippen MR) is 74.8 cm³/mol. The van der Waals surface area contributed by atoms with Gasteiger partial charge in [0.2, 0.25) is 11.2 Å². The van der Waals surface area contributed by atoms with Crippen LogP contribution in [0, 0.1) is 0 Å². The zero-order valence-electron chi connectivity index (χ0n) is 9.72. The van der Waals surface area contributed by atoms with Crippen molar-refractivity contribution in [2.75, 3.05) is 0 Å². The third kappa shape index (κ3) is 2.25. The maximum absolute atomic E-state index is 10.2. The van der Waals surface area contributed by atoms with Crippen molar-refractivity contribution in [3.05, 3.63) is 52.5 Å². The number of benzene rings is 1. The van der Waals surface area contributed by atoms with E-state index in [4.69, 9.17) is 23.2 Å². The van der Waals surface area contributed by atoms with Gasteiger partial charge in [0.25, 0.3) is 0 Å². The second kappa shape index (κ2) is 4.72. The van der Waals surface area contributed by atoms with Crippen molar-refractivity contribution in [2.24, 2.45) is 0 Å². The predicted octanol–water partition coefficient (Wildman–Crippen LogP) is 3.49. The summed E-state index contributed by atoms with van der Waals surface area (Å²) in [6, 6.07) is 9.78. The number of aromatic nitrogens is 3. The summed E-state index contributed by atoms with van der Waals surface area (Å²) in [4.78, 5) is 7.86. The SMILES string of the molecule is Oc1c2nc(Cl)nc(Cl)c2cn1Cc1ccccc1. The molecule has 1 aromatic carbocycles. The van der Waals surface area contributed by atoms with Crippen molar-refractivity contribution in [3.8, 4) is 5.88 Å². The van der Waals surface area contributed by atoms with Crippen molar-refractivity contribution in [2.45, 2.75) is 6.54 Å². The van der Waals surface area contributed by atoms with Gasteiger partial charge in [-0.1, -0.05) is 41.9 Å². The number of hydrogen-bond donors (Lipinski definition) is 1. The fourth-order valence-electron chi connectivity index (χ4n) is 1.95. The lowest BCUT2D eigenvalue weighted by atomic mass is 10.2. The molecule has 4 nitrogen and oxygen atoms in total. The van der Waals surface area contributed by atoms with Crippen LogP contribution in [0.3, 0.4) is 0 Å². The van der Waals surface area contributed by atoms with E-state index in [1.165, 1.54) is 0 Å². The molecular weight excluding hydrogens is 285 g/mol. The molecular formula is C13H9Cl2N3O. The topological polar surface area (TPSA) is 50.9 Å². The Bertz CT molecular complexity index is 740. The molecule has 2 aromatic heterocycles. The highest BCUT2D eigenvalue weighted by molar-refractivity contribution is 6.35. The summed E-state index contributed by atoms with van der Waals surface area (Å²) in [5, 5.41) is 11.0. The molecule has 3 aromatic rings. The van der Waals surface area contributed by atoms with Crippen molar-refractivity contribution in [3.63, 3.8) is 0 Å². The number of aromatic hydroxyl groups is 1. The second-order valence-corrected chi connectivity index (χ2v) is 4.81. The van der Waals surface area contributed by atoms with Crippen molar-refractivity contribution >= 4 is 34.1 Å². The van der Waals surface area contributed by atoms with Gasteiger partial charge >= 0.3 is 0 Å². The van der Waals surface area contributed by atoms with Crippen LogP contribution >= 0.6 is 23.2 Å². The van der Waals surface area contributed by atoms with Crippen LogP contribution in [0.5, 0.6) is 5.88 Å². The van der Waals surface area contributed by atoms with E-state index >= 15 is 0 Å². The standard InChI is InChI=1S/C13H9Cl2N3O/c14-11-9-7-18(6-8-4-2-1-3-5-8)12(19)10(9)16-13(15)17-11/h1-5,7,19H,6H2. The number of hydrogen-bond acceptors (Lipinski definition) is 3. The Kier molecular flexibility index (Phi) is 3.05. The van der Waals surface area contributed by atoms with Crippen LogP contribution in [0.2, 0.25) is 10.4 Å². The molecule has 0 spiro atoms. The van der Waals surface area contributed by atoms with Gasteiger partial charge in [-0.15, -0.1) is 0 Å². The van der Waals surface area contributed by atoms with E-state index in [0.29, 0.717) is 17.4 Å². The lowest BCUT2D eigenvalue weighted by Gasteiger charge is -2.04. The monoisotopic (exact) mass is 293 g/mol. The Morgan fingerprint density at radius 3 is 2.58 bits per heavy atom. The van der Waals surface area contributed by atoms with Crippen LogP contribution < -0.4 is 0 Å². The minimum Gasteiger partial charge on any atom is -0.493 e. The van der Waals surface area contributed by atoms with Gasteiger partial charge in [-0.3, -0.25) is 0 Å². The van der Waals surface area contributed by atoms with E-state index in [-0.39, 0.29) is 16.3 Å². The Hall–Kier alpha value is -1.78. The zero-order valence-corrected chi connectivity index (χ0v) is 11.2. The Labute approximate surface area is 119 Å². The first-order valence-corrected chi connectivity index (χ1v) is 6.35. The molecule has 6 heteroatoms. The Morgan fingerprint density at radius 1 is 1.11 bits per heavy atom. The van der Waals surface area contributed by atoms with Crippen LogP contribution in [0.4, 0.5) is 0 Å². The summed E-state index contributed by atoms with van der Waals surface area (Å²) in [5.41, 5.74) is 1.43. The van der Waals surface area contributed by atoms with E-state index in [0.717, 1.165) is 5.56 Å². The molecule has 0 atom stereocenters. The van der Waals surface area contributed by atoms with Crippen LogP contribution in [-0.4, -0.2) is 19.6 Å². The first-order chi connectivity index (χ1) is 9.15. The zero-order chi connectivity index (χ0) is 13.4. The van der Waals surface area contributed by atoms with Gasteiger partial charge in [-0.25, -0.2) is 9.97 Å². The second-order valence-electron chi connectivity index (χ2n) is 4.11. The van der Waals surface area contributed by atoms with Gasteiger partial charge in [0.1, 0.15) is 10.7 Å². The Balaban J connectivity index is 2.10. The maximum atomic E-state index is 10.2. The average Bonchev–Trinajstić information content (AvgIpc) is 2.69. The quantitative estimate of drug-likeness (QED) is 0.581. The van der Waals surface area contributed by atoms with Crippen molar-refractivity contribution in [1.82, 2.24) is 14.5 Å². The highest BCUT2D eigenvalue weighted by atomic mass is 35.5. The molecule has 0 bridgehead atoms. The van der Waals surface area contributed by atoms with Crippen LogP contribution in [0.25, 0.3) is 10.9 Å². The fraction of sp³-hybridized carbons (Fsp3) is 0.0769. The smallest absolute Gasteiger partial charge is 0.224 e. The molecule has 0 aliphatic carbocycles. The molecule has 0 saturated carbocycles. The third-order valence-electron chi connectivity index (χ3n) is 2.84. The number of nitrogens with zero attached hydrogens (tertiary/aromatic N) is 3. The molecule has 0 aliphatic rings. The van der Waals surface area contributed by atoms with E-state index in [9.17, 15) is 5.11 Å². The summed E-state index contributed by atoms with van der Waals surface area (Å²) in [7, 11) is 0. The minimum atomic E-state index is 0.0188. The minimum absolute atomic E-state index is 0.0188. The average molecular weight is 294 g/mol. The first kappa shape index (κ1) is 12.3. The highest BCUT2D eigenvalue weighted by Crippen LogP contribution is 2.31. The number of halogens is 2. The lowest BCUT2D eigenvalue weighted by molar-refractivity contribution is 0.429. The largest absolute Gasteiger partial charge is 0.493 e. The molecule has 19 heavy (non-hydrogen) atoms. The molecule has 3 rings (SSSR count). The molecule has 0 saturated heterocycles. The molecule has 0 amide bonds. The number of rotatable bonds is 2. The maximum Gasteiger partial charge on any atom is 0.224 e. The Morgan fingerprint density at radius 2 is 1.84 bits per heavy atom. The van der Waals surface area contributed by atoms with Gasteiger partial charge < -0.3 is 9.67 Å². The molecule has 96 valence electrons. The van der Waals surface area contributed by atoms with Gasteiger partial charge in [0, 0.05) is 6.20 Å². The van der Waals surface area contributed by atoms with Crippen LogP contribution in [0.15, 0.2) is 36.5 Å². The molecule has 0 fully saturated rings. The molecule has 1 N–H and O–H groups in total. The third-order valence-corrected chi connectivity index (χ3v) is 3.29. The summed E-state index contributed by atoms with van der Waals surface area (Å²) in [5.74, 6) is 0.0325. The van der Waals surface area contributed by atoms with Gasteiger partial charge in [-0.05, 0) is 17.2 Å². The first-order valence-electron chi connectivity index (χ1n) is 5.60. The summed E-state index contributed by atoms with van der Waals surface area (Å²) in [6.45, 7) is 0.525. The van der Waals surface area contributed by atoms with Crippen molar-refractivity contribution < 1.29 is 5.11 Å². The lowest BCUT2D eigenvalue weighted by Crippen LogP contribution is -1.96. The van der Waals surface area contributed by atoms with Gasteiger partial charge in [0.15, 0.2) is 0 Å². The van der Waals surface area contributed by atoms with Gasteiger partial charge in [-0.2, -0.15) is 0 Å². The molecule has 0 radical (unpaired) electrons. The molecule has 0 unspecified atom stereocenters. The highest BCUT2D eigenvalue weighted by Gasteiger charge is 2.14. The summed E-state index contributed by atoms with van der Waals surface area (Å²) in [6.07, 6.45) is 1.72. The van der Waals surface area contributed by atoms with Crippen molar-refractivity contribution in [1.29, 1.82) is 0 Å². The van der Waals surface area contributed by atoms with Crippen LogP contribution in [-0.2, 0) is 6.54 Å². The van der Waals surface area contributed by atoms with E-state index in [1.807, 2.05) is 30.3 Å². The molecule has 0 aliphatic heterocycles. The van der Waals surface area contributed by atoms with E-state index < -0.39 is 0 Å². The summed E-state index contributed by atoms with van der Waals surface area (Å²) < 4.78 is 1.66. The summed E-state index contributed by atoms with van der Waals surface area (Å²) >= 11 is 11.7. The van der Waals surface area contributed by atoms with E-state index in [1.54, 1.807) is 10.8 Å². The number of fused-ring (bicyclic) bond motifs is 1. The van der Waals surface area contributed by atoms with E-state index in [2.05, 4.69) is 9.97 Å². The van der Waals surface area contributed by atoms with Crippen LogP contribution in [0.1, 0.15) is 5.56 Å². The normalized spacial score (nSPS) is 11.1. The fourth-order valence-corrected chi connectivity index (χ4v) is 2.39. The molecule has 2 heterocycles.